The van der Waals surface area contributed by atoms with Crippen molar-refractivity contribution in [2.24, 2.45) is 5.10 Å². The first-order valence-electron chi connectivity index (χ1n) is 7.78. The van der Waals surface area contributed by atoms with Gasteiger partial charge >= 0.3 is 0 Å². The Hall–Kier alpha value is -2.69. The zero-order chi connectivity index (χ0) is 17.1. The van der Waals surface area contributed by atoms with Crippen LogP contribution in [-0.2, 0) is 0 Å². The van der Waals surface area contributed by atoms with Gasteiger partial charge in [-0.25, -0.2) is 4.98 Å². The Kier molecular flexibility index (Phi) is 4.46. The van der Waals surface area contributed by atoms with Crippen molar-refractivity contribution in [2.75, 3.05) is 5.43 Å². The van der Waals surface area contributed by atoms with Crippen LogP contribution in [0, 0.1) is 0 Å². The van der Waals surface area contributed by atoms with Gasteiger partial charge in [0.05, 0.1) is 11.7 Å². The largest absolute Gasteiger partial charge is 0.261 e. The lowest BCUT2D eigenvalue weighted by Crippen LogP contribution is -1.95. The molecule has 0 saturated carbocycles. The van der Waals surface area contributed by atoms with E-state index in [2.05, 4.69) is 27.6 Å². The molecule has 2 aromatic carbocycles. The van der Waals surface area contributed by atoms with Crippen molar-refractivity contribution < 1.29 is 0 Å². The monoisotopic (exact) mass is 363 g/mol. The number of hydrazone groups is 1. The van der Waals surface area contributed by atoms with E-state index >= 15 is 0 Å². The summed E-state index contributed by atoms with van der Waals surface area (Å²) in [4.78, 5) is 5.73. The maximum absolute atomic E-state index is 6.19. The van der Waals surface area contributed by atoms with E-state index in [0.29, 0.717) is 10.8 Å². The lowest BCUT2D eigenvalue weighted by Gasteiger charge is -2.10. The van der Waals surface area contributed by atoms with Crippen LogP contribution in [0.2, 0.25) is 5.02 Å². The maximum Gasteiger partial charge on any atom is 0.147 e. The minimum absolute atomic E-state index is 0.696. The van der Waals surface area contributed by atoms with E-state index in [0.717, 1.165) is 26.9 Å². The first-order chi connectivity index (χ1) is 12.3. The highest BCUT2D eigenvalue weighted by molar-refractivity contribution is 7.11. The van der Waals surface area contributed by atoms with Gasteiger partial charge in [0.2, 0.25) is 0 Å². The zero-order valence-corrected chi connectivity index (χ0v) is 14.8. The second-order valence-corrected chi connectivity index (χ2v) is 6.88. The number of nitrogens with one attached hydrogen (secondary N) is 1. The smallest absolute Gasteiger partial charge is 0.147 e. The summed E-state index contributed by atoms with van der Waals surface area (Å²) in [5.74, 6) is 0.696. The Morgan fingerprint density at radius 1 is 1.00 bits per heavy atom. The SMILES string of the molecule is Clc1ccc2nc(N/N=C/c3cccs3)cc(-c3ccccc3)c2c1. The van der Waals surface area contributed by atoms with Crippen molar-refractivity contribution >= 4 is 45.9 Å². The summed E-state index contributed by atoms with van der Waals surface area (Å²) in [6.07, 6.45) is 1.79. The zero-order valence-electron chi connectivity index (χ0n) is 13.2. The third kappa shape index (κ3) is 3.55. The van der Waals surface area contributed by atoms with Gasteiger partial charge in [0, 0.05) is 15.3 Å². The topological polar surface area (TPSA) is 37.3 Å². The molecule has 0 saturated heterocycles. The summed E-state index contributed by atoms with van der Waals surface area (Å²) in [6, 6.07) is 21.9. The third-order valence-electron chi connectivity index (χ3n) is 3.77. The first kappa shape index (κ1) is 15.8. The molecule has 1 N–H and O–H groups in total. The first-order valence-corrected chi connectivity index (χ1v) is 9.04. The Bertz CT molecular complexity index is 1030. The molecule has 0 unspecified atom stereocenters. The Morgan fingerprint density at radius 3 is 2.68 bits per heavy atom. The molecule has 4 aromatic rings. The number of anilines is 1. The van der Waals surface area contributed by atoms with Crippen LogP contribution in [0.4, 0.5) is 5.82 Å². The fraction of sp³-hybridized carbons (Fsp3) is 0. The van der Waals surface area contributed by atoms with Gasteiger partial charge in [0.15, 0.2) is 0 Å². The van der Waals surface area contributed by atoms with Crippen molar-refractivity contribution in [3.63, 3.8) is 0 Å². The molecule has 3 nitrogen and oxygen atoms in total. The van der Waals surface area contributed by atoms with Crippen LogP contribution in [0.15, 0.2) is 77.2 Å². The summed E-state index contributed by atoms with van der Waals surface area (Å²) in [5.41, 5.74) is 6.09. The highest BCUT2D eigenvalue weighted by Gasteiger charge is 2.08. The van der Waals surface area contributed by atoms with E-state index in [-0.39, 0.29) is 0 Å². The van der Waals surface area contributed by atoms with Crippen LogP contribution in [0.5, 0.6) is 0 Å². The molecule has 0 aliphatic rings. The minimum Gasteiger partial charge on any atom is -0.261 e. The number of fused-ring (bicyclic) bond motifs is 1. The summed E-state index contributed by atoms with van der Waals surface area (Å²) < 4.78 is 0. The second-order valence-electron chi connectivity index (χ2n) is 5.47. The van der Waals surface area contributed by atoms with Crippen molar-refractivity contribution in [2.45, 2.75) is 0 Å². The molecule has 0 bridgehead atoms. The second kappa shape index (κ2) is 7.05. The Balaban J connectivity index is 1.77. The molecule has 4 rings (SSSR count). The Labute approximate surface area is 154 Å². The highest BCUT2D eigenvalue weighted by atomic mass is 35.5. The van der Waals surface area contributed by atoms with Gasteiger partial charge < -0.3 is 0 Å². The van der Waals surface area contributed by atoms with E-state index in [9.17, 15) is 0 Å². The van der Waals surface area contributed by atoms with Crippen LogP contribution in [0.3, 0.4) is 0 Å². The predicted molar refractivity (Wildman–Crippen MR) is 108 cm³/mol. The third-order valence-corrected chi connectivity index (χ3v) is 4.81. The van der Waals surface area contributed by atoms with Crippen molar-refractivity contribution in [3.05, 3.63) is 82.0 Å². The number of halogens is 1. The van der Waals surface area contributed by atoms with Crippen LogP contribution in [0.1, 0.15) is 4.88 Å². The minimum atomic E-state index is 0.696. The molecule has 2 aromatic heterocycles. The summed E-state index contributed by atoms with van der Waals surface area (Å²) in [5, 5.41) is 8.03. The summed E-state index contributed by atoms with van der Waals surface area (Å²) >= 11 is 7.83. The number of nitrogens with zero attached hydrogens (tertiary/aromatic N) is 2. The molecule has 2 heterocycles. The van der Waals surface area contributed by atoms with Gasteiger partial charge in [0.25, 0.3) is 0 Å². The average molecular weight is 364 g/mol. The van der Waals surface area contributed by atoms with Crippen molar-refractivity contribution in [1.82, 2.24) is 4.98 Å². The quantitative estimate of drug-likeness (QED) is 0.353. The van der Waals surface area contributed by atoms with Gasteiger partial charge in [-0.3, -0.25) is 5.43 Å². The number of benzene rings is 2. The van der Waals surface area contributed by atoms with Gasteiger partial charge in [-0.05, 0) is 46.8 Å². The van der Waals surface area contributed by atoms with E-state index in [1.807, 2.05) is 60.0 Å². The van der Waals surface area contributed by atoms with Crippen molar-refractivity contribution in [1.29, 1.82) is 0 Å². The number of hydrogen-bond donors (Lipinski definition) is 1. The lowest BCUT2D eigenvalue weighted by atomic mass is 10.0. The molecule has 0 spiro atoms. The molecule has 0 radical (unpaired) electrons. The number of thiophene rings is 1. The molecular weight excluding hydrogens is 350 g/mol. The van der Waals surface area contributed by atoms with Crippen LogP contribution in [0.25, 0.3) is 22.0 Å². The molecule has 122 valence electrons. The average Bonchev–Trinajstić information content (AvgIpc) is 3.15. The molecular formula is C20H14ClN3S. The van der Waals surface area contributed by atoms with E-state index in [4.69, 9.17) is 11.6 Å². The van der Waals surface area contributed by atoms with Gasteiger partial charge in [-0.1, -0.05) is 48.0 Å². The predicted octanol–water partition coefficient (Wildman–Crippen LogP) is 6.06. The van der Waals surface area contributed by atoms with E-state index in [1.165, 1.54) is 0 Å². The maximum atomic E-state index is 6.19. The molecule has 0 amide bonds. The molecule has 0 aliphatic carbocycles. The molecule has 0 atom stereocenters. The number of hydrogen-bond acceptors (Lipinski definition) is 4. The molecule has 25 heavy (non-hydrogen) atoms. The lowest BCUT2D eigenvalue weighted by molar-refractivity contribution is 1.27. The Morgan fingerprint density at radius 2 is 1.88 bits per heavy atom. The summed E-state index contributed by atoms with van der Waals surface area (Å²) in [6.45, 7) is 0. The molecule has 0 fully saturated rings. The number of pyridine rings is 1. The fourth-order valence-corrected chi connectivity index (χ4v) is 3.40. The van der Waals surface area contributed by atoms with Crippen LogP contribution < -0.4 is 5.43 Å². The van der Waals surface area contributed by atoms with Crippen molar-refractivity contribution in [3.8, 4) is 11.1 Å². The highest BCUT2D eigenvalue weighted by Crippen LogP contribution is 2.31. The summed E-state index contributed by atoms with van der Waals surface area (Å²) in [7, 11) is 0. The van der Waals surface area contributed by atoms with Gasteiger partial charge in [-0.2, -0.15) is 5.10 Å². The van der Waals surface area contributed by atoms with Gasteiger partial charge in [-0.15, -0.1) is 11.3 Å². The van der Waals surface area contributed by atoms with Crippen LogP contribution in [-0.4, -0.2) is 11.2 Å². The van der Waals surface area contributed by atoms with E-state index in [1.54, 1.807) is 17.6 Å². The standard InChI is InChI=1S/C20H14ClN3S/c21-15-8-9-19-18(11-15)17(14-5-2-1-3-6-14)12-20(23-19)24-22-13-16-7-4-10-25-16/h1-13H,(H,23,24)/b22-13+. The van der Waals surface area contributed by atoms with Crippen LogP contribution >= 0.6 is 22.9 Å². The molecule has 0 aliphatic heterocycles. The number of rotatable bonds is 4. The van der Waals surface area contributed by atoms with E-state index < -0.39 is 0 Å². The molecule has 5 heteroatoms. The fourth-order valence-electron chi connectivity index (χ4n) is 2.64. The number of aromatic nitrogens is 1. The van der Waals surface area contributed by atoms with Gasteiger partial charge in [0.1, 0.15) is 5.82 Å². The normalized spacial score (nSPS) is 11.2.